The normalized spacial score (nSPS) is 18.7. The molecule has 2 N–H and O–H groups in total. The van der Waals surface area contributed by atoms with Crippen molar-refractivity contribution in [3.05, 3.63) is 28.5 Å². The lowest BCUT2D eigenvalue weighted by Crippen LogP contribution is -2.35. The highest BCUT2D eigenvalue weighted by molar-refractivity contribution is 7.89. The molecule has 1 aromatic carbocycles. The highest BCUT2D eigenvalue weighted by Crippen LogP contribution is 2.26. The van der Waals surface area contributed by atoms with Crippen LogP contribution in [0.5, 0.6) is 0 Å². The summed E-state index contributed by atoms with van der Waals surface area (Å²) >= 11 is 5.89. The third kappa shape index (κ3) is 3.54. The van der Waals surface area contributed by atoms with E-state index < -0.39 is 15.8 Å². The monoisotopic (exact) mass is 335 g/mol. The molecule has 0 atom stereocenters. The van der Waals surface area contributed by atoms with E-state index in [-0.39, 0.29) is 22.0 Å². The van der Waals surface area contributed by atoms with E-state index in [0.29, 0.717) is 26.1 Å². The fourth-order valence-corrected chi connectivity index (χ4v) is 4.27. The van der Waals surface area contributed by atoms with Crippen LogP contribution in [0.2, 0.25) is 5.02 Å². The van der Waals surface area contributed by atoms with E-state index in [4.69, 9.17) is 17.3 Å². The molecule has 0 aliphatic carbocycles. The number of nitrogens with zero attached hydrogens (tertiary/aromatic N) is 2. The summed E-state index contributed by atoms with van der Waals surface area (Å²) in [6, 6.07) is 2.51. The second kappa shape index (κ2) is 6.58. The summed E-state index contributed by atoms with van der Waals surface area (Å²) in [6.45, 7) is 2.04. The minimum atomic E-state index is -3.90. The Hall–Kier alpha value is -0.730. The lowest BCUT2D eigenvalue weighted by molar-refractivity contribution is 0.347. The van der Waals surface area contributed by atoms with Crippen molar-refractivity contribution in [3.8, 4) is 0 Å². The van der Waals surface area contributed by atoms with Crippen molar-refractivity contribution in [2.24, 2.45) is 5.73 Å². The van der Waals surface area contributed by atoms with Crippen LogP contribution in [0.25, 0.3) is 0 Å². The van der Waals surface area contributed by atoms with Gasteiger partial charge in [-0.1, -0.05) is 11.6 Å². The first-order valence-corrected chi connectivity index (χ1v) is 8.54. The van der Waals surface area contributed by atoms with Crippen LogP contribution >= 0.6 is 11.6 Å². The summed E-state index contributed by atoms with van der Waals surface area (Å²) in [4.78, 5) is 1.66. The Labute approximate surface area is 129 Å². The second-order valence-electron chi connectivity index (χ2n) is 5.14. The molecule has 0 amide bonds. The van der Waals surface area contributed by atoms with Gasteiger partial charge >= 0.3 is 0 Å². The Bertz CT molecular complexity index is 624. The minimum Gasteiger partial charge on any atom is -0.326 e. The van der Waals surface area contributed by atoms with Gasteiger partial charge in [0.15, 0.2) is 0 Å². The van der Waals surface area contributed by atoms with Crippen molar-refractivity contribution >= 4 is 21.6 Å². The topological polar surface area (TPSA) is 66.6 Å². The van der Waals surface area contributed by atoms with Gasteiger partial charge in [0.05, 0.1) is 0 Å². The van der Waals surface area contributed by atoms with Gasteiger partial charge in [-0.15, -0.1) is 0 Å². The fourth-order valence-electron chi connectivity index (χ4n) is 2.36. The maximum absolute atomic E-state index is 14.3. The van der Waals surface area contributed by atoms with Gasteiger partial charge in [-0.25, -0.2) is 12.8 Å². The minimum absolute atomic E-state index is 0.0996. The van der Waals surface area contributed by atoms with Gasteiger partial charge < -0.3 is 10.6 Å². The van der Waals surface area contributed by atoms with Crippen molar-refractivity contribution in [1.82, 2.24) is 9.21 Å². The molecule has 1 fully saturated rings. The first-order chi connectivity index (χ1) is 9.86. The smallest absolute Gasteiger partial charge is 0.246 e. The molecular formula is C13H19ClFN3O2S. The van der Waals surface area contributed by atoms with Crippen molar-refractivity contribution in [3.63, 3.8) is 0 Å². The van der Waals surface area contributed by atoms with Crippen LogP contribution < -0.4 is 5.73 Å². The Kier molecular flexibility index (Phi) is 5.21. The molecule has 0 aromatic heterocycles. The zero-order valence-corrected chi connectivity index (χ0v) is 13.4. The molecule has 1 heterocycles. The Morgan fingerprint density at radius 3 is 2.67 bits per heavy atom. The van der Waals surface area contributed by atoms with Gasteiger partial charge in [0.25, 0.3) is 0 Å². The zero-order chi connectivity index (χ0) is 15.6. The molecular weight excluding hydrogens is 317 g/mol. The van der Waals surface area contributed by atoms with Gasteiger partial charge in [-0.3, -0.25) is 0 Å². The zero-order valence-electron chi connectivity index (χ0n) is 11.8. The third-order valence-electron chi connectivity index (χ3n) is 3.60. The molecule has 2 rings (SSSR count). The largest absolute Gasteiger partial charge is 0.326 e. The Balaban J connectivity index is 2.42. The van der Waals surface area contributed by atoms with Crippen LogP contribution in [-0.2, 0) is 16.6 Å². The summed E-state index contributed by atoms with van der Waals surface area (Å²) in [5, 5.41) is 0.169. The standard InChI is InChI=1S/C13H19ClFN3O2S/c1-17-3-2-4-18(6-5-17)21(19,20)12-8-11(14)7-10(9-16)13(12)15/h7-8H,2-6,9,16H2,1H3. The van der Waals surface area contributed by atoms with Gasteiger partial charge in [0, 0.05) is 36.8 Å². The van der Waals surface area contributed by atoms with Crippen LogP contribution in [0.4, 0.5) is 4.39 Å². The predicted molar refractivity (Wildman–Crippen MR) is 80.2 cm³/mol. The number of sulfonamides is 1. The van der Waals surface area contributed by atoms with E-state index >= 15 is 0 Å². The molecule has 0 radical (unpaired) electrons. The summed E-state index contributed by atoms with van der Waals surface area (Å²) in [7, 11) is -1.97. The highest BCUT2D eigenvalue weighted by atomic mass is 35.5. The molecule has 1 saturated heterocycles. The Morgan fingerprint density at radius 2 is 2.00 bits per heavy atom. The average molecular weight is 336 g/mol. The summed E-state index contributed by atoms with van der Waals surface area (Å²) in [6.07, 6.45) is 0.710. The maximum Gasteiger partial charge on any atom is 0.246 e. The molecule has 1 aromatic rings. The Morgan fingerprint density at radius 1 is 1.29 bits per heavy atom. The number of halogens is 2. The van der Waals surface area contributed by atoms with Crippen molar-refractivity contribution in [2.45, 2.75) is 17.9 Å². The number of rotatable bonds is 3. The van der Waals surface area contributed by atoms with Gasteiger partial charge in [0.2, 0.25) is 10.0 Å². The number of likely N-dealkylation sites (N-methyl/N-ethyl adjacent to an activating group) is 1. The highest BCUT2D eigenvalue weighted by Gasteiger charge is 2.30. The van der Waals surface area contributed by atoms with E-state index in [1.807, 2.05) is 7.05 Å². The van der Waals surface area contributed by atoms with Crippen LogP contribution in [-0.4, -0.2) is 50.8 Å². The average Bonchev–Trinajstić information content (AvgIpc) is 2.66. The van der Waals surface area contributed by atoms with Gasteiger partial charge in [0.1, 0.15) is 10.7 Å². The van der Waals surface area contributed by atoms with Crippen LogP contribution in [0.15, 0.2) is 17.0 Å². The van der Waals surface area contributed by atoms with Crippen LogP contribution in [0.1, 0.15) is 12.0 Å². The molecule has 5 nitrogen and oxygen atoms in total. The number of nitrogens with two attached hydrogens (primary N) is 1. The quantitative estimate of drug-likeness (QED) is 0.903. The summed E-state index contributed by atoms with van der Waals surface area (Å²) in [5.74, 6) is -0.806. The lowest BCUT2D eigenvalue weighted by atomic mass is 10.2. The number of hydrogen-bond donors (Lipinski definition) is 1. The summed E-state index contributed by atoms with van der Waals surface area (Å²) in [5.41, 5.74) is 5.54. The van der Waals surface area contributed by atoms with Crippen LogP contribution in [0, 0.1) is 5.82 Å². The molecule has 0 spiro atoms. The molecule has 0 bridgehead atoms. The molecule has 118 valence electrons. The maximum atomic E-state index is 14.3. The molecule has 0 saturated carbocycles. The fraction of sp³-hybridized carbons (Fsp3) is 0.538. The van der Waals surface area contributed by atoms with Gasteiger partial charge in [-0.2, -0.15) is 4.31 Å². The molecule has 1 aliphatic heterocycles. The van der Waals surface area contributed by atoms with Crippen molar-refractivity contribution in [2.75, 3.05) is 33.2 Å². The number of benzene rings is 1. The number of hydrogen-bond acceptors (Lipinski definition) is 4. The summed E-state index contributed by atoms with van der Waals surface area (Å²) < 4.78 is 40.9. The van der Waals surface area contributed by atoms with E-state index in [0.717, 1.165) is 12.6 Å². The van der Waals surface area contributed by atoms with Crippen molar-refractivity contribution in [1.29, 1.82) is 0 Å². The predicted octanol–water partition coefficient (Wildman–Crippen LogP) is 1.26. The first kappa shape index (κ1) is 16.6. The SMILES string of the molecule is CN1CCCN(S(=O)(=O)c2cc(Cl)cc(CN)c2F)CC1. The van der Waals surface area contributed by atoms with Gasteiger partial charge in [-0.05, 0) is 32.1 Å². The first-order valence-electron chi connectivity index (χ1n) is 6.73. The lowest BCUT2D eigenvalue weighted by Gasteiger charge is -2.21. The van der Waals surface area contributed by atoms with Crippen molar-refractivity contribution < 1.29 is 12.8 Å². The van der Waals surface area contributed by atoms with E-state index in [1.54, 1.807) is 0 Å². The van der Waals surface area contributed by atoms with E-state index in [1.165, 1.54) is 10.4 Å². The second-order valence-corrected chi connectivity index (χ2v) is 7.48. The third-order valence-corrected chi connectivity index (χ3v) is 5.71. The molecule has 1 aliphatic rings. The molecule has 8 heteroatoms. The van der Waals surface area contributed by atoms with E-state index in [2.05, 4.69) is 4.90 Å². The molecule has 21 heavy (non-hydrogen) atoms. The molecule has 0 unspecified atom stereocenters. The van der Waals surface area contributed by atoms with E-state index in [9.17, 15) is 12.8 Å². The van der Waals surface area contributed by atoms with Crippen LogP contribution in [0.3, 0.4) is 0 Å².